The van der Waals surface area contributed by atoms with Gasteiger partial charge in [-0.25, -0.2) is 4.57 Å². The molecule has 1 heterocycles. The molecular weight excluding hydrogens is 313 g/mol. The molecule has 5 nitrogen and oxygen atoms in total. The highest BCUT2D eigenvalue weighted by Gasteiger charge is 2.15. The molecule has 0 saturated carbocycles. The van der Waals surface area contributed by atoms with E-state index in [1.54, 1.807) is 6.07 Å². The first-order chi connectivity index (χ1) is 11.2. The van der Waals surface area contributed by atoms with Crippen LogP contribution in [-0.2, 0) is 4.57 Å². The van der Waals surface area contributed by atoms with Gasteiger partial charge >= 0.3 is 8.25 Å². The van der Waals surface area contributed by atoms with E-state index in [1.807, 2.05) is 60.7 Å². The van der Waals surface area contributed by atoms with Crippen molar-refractivity contribution in [2.75, 3.05) is 0 Å². The van der Waals surface area contributed by atoms with Gasteiger partial charge < -0.3 is 9.52 Å². The Morgan fingerprint density at radius 3 is 2.00 bits per heavy atom. The second kappa shape index (κ2) is 6.65. The zero-order valence-electron chi connectivity index (χ0n) is 12.0. The van der Waals surface area contributed by atoms with Crippen molar-refractivity contribution < 1.29 is 14.1 Å². The molecular formula is C17H14NO4P. The zero-order valence-corrected chi connectivity index (χ0v) is 13.0. The molecule has 0 saturated heterocycles. The van der Waals surface area contributed by atoms with Crippen molar-refractivity contribution in [1.82, 2.24) is 4.73 Å². The topological polar surface area (TPSA) is 68.5 Å². The molecule has 6 heteroatoms. The SMILES string of the molecule is O=c1c(-c2ccccc2)c(-c2ccccc2)ccn1O[PH](=O)O. The molecule has 1 unspecified atom stereocenters. The van der Waals surface area contributed by atoms with Gasteiger partial charge in [-0.2, -0.15) is 0 Å². The minimum Gasteiger partial charge on any atom is -0.332 e. The van der Waals surface area contributed by atoms with E-state index in [4.69, 9.17) is 9.52 Å². The Labute approximate surface area is 133 Å². The van der Waals surface area contributed by atoms with Crippen molar-refractivity contribution >= 4 is 8.25 Å². The second-order valence-electron chi connectivity index (χ2n) is 4.82. The fourth-order valence-electron chi connectivity index (χ4n) is 2.42. The van der Waals surface area contributed by atoms with Gasteiger partial charge in [0.2, 0.25) is 0 Å². The highest BCUT2D eigenvalue weighted by molar-refractivity contribution is 7.32. The van der Waals surface area contributed by atoms with E-state index in [-0.39, 0.29) is 0 Å². The summed E-state index contributed by atoms with van der Waals surface area (Å²) in [6.07, 6.45) is 1.36. The summed E-state index contributed by atoms with van der Waals surface area (Å²) in [6, 6.07) is 20.3. The van der Waals surface area contributed by atoms with Crippen LogP contribution in [0, 0.1) is 0 Å². The lowest BCUT2D eigenvalue weighted by atomic mass is 9.96. The Kier molecular flexibility index (Phi) is 4.42. The quantitative estimate of drug-likeness (QED) is 0.748. The number of hydrogen-bond acceptors (Lipinski definition) is 3. The molecule has 0 aliphatic rings. The molecule has 1 atom stereocenters. The molecule has 0 amide bonds. The highest BCUT2D eigenvalue weighted by atomic mass is 31.1. The van der Waals surface area contributed by atoms with Gasteiger partial charge in [-0.3, -0.25) is 4.79 Å². The van der Waals surface area contributed by atoms with Crippen molar-refractivity contribution in [3.63, 3.8) is 0 Å². The third kappa shape index (κ3) is 3.26. The number of benzene rings is 2. The zero-order chi connectivity index (χ0) is 16.2. The number of aromatic nitrogens is 1. The van der Waals surface area contributed by atoms with E-state index >= 15 is 0 Å². The van der Waals surface area contributed by atoms with Crippen molar-refractivity contribution in [2.24, 2.45) is 0 Å². The Bertz CT molecular complexity index is 891. The van der Waals surface area contributed by atoms with Crippen LogP contribution >= 0.6 is 8.25 Å². The number of nitrogens with zero attached hydrogens (tertiary/aromatic N) is 1. The average molecular weight is 327 g/mol. The first kappa shape index (κ1) is 15.3. The molecule has 0 aliphatic heterocycles. The van der Waals surface area contributed by atoms with Gasteiger partial charge in [-0.15, -0.1) is 4.73 Å². The summed E-state index contributed by atoms with van der Waals surface area (Å²) in [4.78, 5) is 21.6. The van der Waals surface area contributed by atoms with E-state index in [1.165, 1.54) is 6.20 Å². The third-order valence-electron chi connectivity index (χ3n) is 3.38. The average Bonchev–Trinajstić information content (AvgIpc) is 2.58. The Balaban J connectivity index is 2.27. The van der Waals surface area contributed by atoms with E-state index < -0.39 is 13.8 Å². The van der Waals surface area contributed by atoms with Gasteiger partial charge in [0.25, 0.3) is 5.56 Å². The van der Waals surface area contributed by atoms with Crippen molar-refractivity contribution in [3.8, 4) is 22.3 Å². The van der Waals surface area contributed by atoms with Gasteiger partial charge in [-0.05, 0) is 22.8 Å². The van der Waals surface area contributed by atoms with Crippen LogP contribution in [0.5, 0.6) is 0 Å². The minimum absolute atomic E-state index is 0.419. The van der Waals surface area contributed by atoms with Crippen LogP contribution < -0.4 is 10.2 Å². The van der Waals surface area contributed by atoms with E-state index in [0.29, 0.717) is 11.1 Å². The van der Waals surface area contributed by atoms with Crippen LogP contribution in [0.4, 0.5) is 0 Å². The molecule has 0 bridgehead atoms. The maximum atomic E-state index is 12.7. The molecule has 3 rings (SSSR count). The van der Waals surface area contributed by atoms with Crippen molar-refractivity contribution in [3.05, 3.63) is 83.3 Å². The van der Waals surface area contributed by atoms with E-state index in [0.717, 1.165) is 15.9 Å². The standard InChI is InChI=1S/C17H14NO4P/c19-17-16(14-9-5-2-6-10-14)15(13-7-3-1-4-8-13)11-12-18(17)22-23(20)21/h1-12,23H,(H,20,21). The predicted molar refractivity (Wildman–Crippen MR) is 89.4 cm³/mol. The molecule has 0 aliphatic carbocycles. The van der Waals surface area contributed by atoms with Crippen LogP contribution in [0.2, 0.25) is 0 Å². The fraction of sp³-hybridized carbons (Fsp3) is 0. The molecule has 116 valence electrons. The summed E-state index contributed by atoms with van der Waals surface area (Å²) in [5.74, 6) is 0. The van der Waals surface area contributed by atoms with Crippen LogP contribution in [0.15, 0.2) is 77.7 Å². The van der Waals surface area contributed by atoms with Crippen LogP contribution in [-0.4, -0.2) is 9.62 Å². The van der Waals surface area contributed by atoms with Gasteiger partial charge in [0, 0.05) is 6.20 Å². The maximum Gasteiger partial charge on any atom is 0.384 e. The largest absolute Gasteiger partial charge is 0.384 e. The smallest absolute Gasteiger partial charge is 0.332 e. The first-order valence-corrected chi connectivity index (χ1v) is 8.21. The molecule has 1 N–H and O–H groups in total. The van der Waals surface area contributed by atoms with E-state index in [9.17, 15) is 9.36 Å². The lowest BCUT2D eigenvalue weighted by Crippen LogP contribution is -2.25. The van der Waals surface area contributed by atoms with Crippen LogP contribution in [0.25, 0.3) is 22.3 Å². The summed E-state index contributed by atoms with van der Waals surface area (Å²) in [7, 11) is -3.27. The van der Waals surface area contributed by atoms with Gasteiger partial charge in [-0.1, -0.05) is 60.7 Å². The maximum absolute atomic E-state index is 12.7. The summed E-state index contributed by atoms with van der Waals surface area (Å²) in [5, 5.41) is 0. The highest BCUT2D eigenvalue weighted by Crippen LogP contribution is 2.29. The van der Waals surface area contributed by atoms with Crippen molar-refractivity contribution in [2.45, 2.75) is 0 Å². The normalized spacial score (nSPS) is 11.9. The Morgan fingerprint density at radius 1 is 0.870 bits per heavy atom. The molecule has 3 aromatic rings. The fourth-order valence-corrected chi connectivity index (χ4v) is 2.73. The minimum atomic E-state index is -3.27. The summed E-state index contributed by atoms with van der Waals surface area (Å²) in [5.41, 5.74) is 2.27. The summed E-state index contributed by atoms with van der Waals surface area (Å²) in [6.45, 7) is 0. The summed E-state index contributed by atoms with van der Waals surface area (Å²) >= 11 is 0. The Hall–Kier alpha value is -2.62. The number of rotatable bonds is 4. The molecule has 0 fully saturated rings. The Morgan fingerprint density at radius 2 is 1.43 bits per heavy atom. The van der Waals surface area contributed by atoms with Gasteiger partial charge in [0.1, 0.15) is 0 Å². The van der Waals surface area contributed by atoms with Gasteiger partial charge in [0.15, 0.2) is 0 Å². The predicted octanol–water partition coefficient (Wildman–Crippen LogP) is 2.99. The lowest BCUT2D eigenvalue weighted by Gasteiger charge is -2.12. The monoisotopic (exact) mass is 327 g/mol. The van der Waals surface area contributed by atoms with Crippen molar-refractivity contribution in [1.29, 1.82) is 0 Å². The third-order valence-corrected chi connectivity index (χ3v) is 3.74. The number of hydrogen-bond donors (Lipinski definition) is 1. The van der Waals surface area contributed by atoms with Crippen LogP contribution in [0.1, 0.15) is 0 Å². The molecule has 0 spiro atoms. The van der Waals surface area contributed by atoms with E-state index in [2.05, 4.69) is 0 Å². The molecule has 2 aromatic carbocycles. The molecule has 23 heavy (non-hydrogen) atoms. The number of pyridine rings is 1. The lowest BCUT2D eigenvalue weighted by molar-refractivity contribution is 0.240. The van der Waals surface area contributed by atoms with Crippen LogP contribution in [0.3, 0.4) is 0 Å². The first-order valence-electron chi connectivity index (χ1n) is 6.94. The summed E-state index contributed by atoms with van der Waals surface area (Å²) < 4.78 is 16.4. The molecule has 0 radical (unpaired) electrons. The van der Waals surface area contributed by atoms with Gasteiger partial charge in [0.05, 0.1) is 5.56 Å². The molecule has 1 aromatic heterocycles. The second-order valence-corrected chi connectivity index (χ2v) is 5.54.